The number of aromatic nitrogens is 1. The number of urea groups is 1. The molecule has 0 radical (unpaired) electrons. The number of H-pyrrole nitrogens is 1. The zero-order valence-corrected chi connectivity index (χ0v) is 17.4. The van der Waals surface area contributed by atoms with Crippen LogP contribution in [0.25, 0.3) is 21.9 Å². The van der Waals surface area contributed by atoms with Crippen molar-refractivity contribution in [2.24, 2.45) is 0 Å². The van der Waals surface area contributed by atoms with Crippen LogP contribution in [0.3, 0.4) is 0 Å². The average Bonchev–Trinajstić information content (AvgIpc) is 3.47. The normalized spacial score (nSPS) is 17.2. The Morgan fingerprint density at radius 1 is 1.16 bits per heavy atom. The summed E-state index contributed by atoms with van der Waals surface area (Å²) in [6.07, 6.45) is 2.19. The van der Waals surface area contributed by atoms with Gasteiger partial charge in [0.2, 0.25) is 5.91 Å². The maximum atomic E-state index is 12.8. The molecule has 1 saturated heterocycles. The van der Waals surface area contributed by atoms with E-state index in [0.717, 1.165) is 32.3 Å². The van der Waals surface area contributed by atoms with Gasteiger partial charge in [-0.2, -0.15) is 0 Å². The van der Waals surface area contributed by atoms with Crippen molar-refractivity contribution in [2.75, 3.05) is 6.54 Å². The van der Waals surface area contributed by atoms with Crippen molar-refractivity contribution in [3.05, 3.63) is 72.1 Å². The third-order valence-electron chi connectivity index (χ3n) is 5.76. The Morgan fingerprint density at radius 3 is 2.78 bits per heavy atom. The molecule has 2 aromatic carbocycles. The van der Waals surface area contributed by atoms with E-state index < -0.39 is 29.9 Å². The summed E-state index contributed by atoms with van der Waals surface area (Å²) in [5, 5.41) is 7.44. The van der Waals surface area contributed by atoms with Crippen LogP contribution in [0.4, 0.5) is 4.79 Å². The maximum Gasteiger partial charge on any atom is 0.325 e. The molecule has 0 unspecified atom stereocenters. The molecule has 0 bridgehead atoms. The Kier molecular flexibility index (Phi) is 4.89. The quantitative estimate of drug-likeness (QED) is 0.408. The number of aromatic amines is 1. The summed E-state index contributed by atoms with van der Waals surface area (Å²) in [5.74, 6) is -0.241. The number of carbonyl (C=O) groups is 3. The summed E-state index contributed by atoms with van der Waals surface area (Å²) in [4.78, 5) is 41.9. The Bertz CT molecular complexity index is 1310. The van der Waals surface area contributed by atoms with E-state index in [4.69, 9.17) is 4.42 Å². The Balaban J connectivity index is 1.23. The van der Waals surface area contributed by atoms with Crippen molar-refractivity contribution < 1.29 is 18.8 Å². The first kappa shape index (κ1) is 19.9. The van der Waals surface area contributed by atoms with Gasteiger partial charge >= 0.3 is 6.03 Å². The van der Waals surface area contributed by atoms with Crippen LogP contribution in [0.15, 0.2) is 65.2 Å². The summed E-state index contributed by atoms with van der Waals surface area (Å²) >= 11 is 0. The van der Waals surface area contributed by atoms with E-state index in [-0.39, 0.29) is 6.54 Å². The topological polar surface area (TPSA) is 107 Å². The van der Waals surface area contributed by atoms with Crippen molar-refractivity contribution in [2.45, 2.75) is 25.4 Å². The molecule has 3 N–H and O–H groups in total. The molecule has 32 heavy (non-hydrogen) atoms. The highest BCUT2D eigenvalue weighted by Gasteiger charge is 2.39. The molecule has 3 heterocycles. The third-order valence-corrected chi connectivity index (χ3v) is 5.76. The van der Waals surface area contributed by atoms with Crippen LogP contribution in [0.2, 0.25) is 0 Å². The molecule has 4 amide bonds. The number of hydrogen-bond acceptors (Lipinski definition) is 4. The summed E-state index contributed by atoms with van der Waals surface area (Å²) in [7, 11) is 0. The predicted molar refractivity (Wildman–Crippen MR) is 119 cm³/mol. The first-order valence-electron chi connectivity index (χ1n) is 10.4. The van der Waals surface area contributed by atoms with E-state index in [1.54, 1.807) is 6.92 Å². The van der Waals surface area contributed by atoms with Gasteiger partial charge in [-0.05, 0) is 30.7 Å². The molecule has 4 aromatic rings. The SMILES string of the molecule is C[C@@H](NC(=O)CN1C(=O)N[C@H](Cc2c[nH]c3ccccc23)C1=O)c1cc2ccccc2o1. The van der Waals surface area contributed by atoms with Crippen LogP contribution in [0.5, 0.6) is 0 Å². The second kappa shape index (κ2) is 7.88. The van der Waals surface area contributed by atoms with Crippen LogP contribution in [-0.2, 0) is 16.0 Å². The van der Waals surface area contributed by atoms with E-state index in [0.29, 0.717) is 12.2 Å². The van der Waals surface area contributed by atoms with Crippen molar-refractivity contribution in [3.8, 4) is 0 Å². The van der Waals surface area contributed by atoms with Gasteiger partial charge in [0.25, 0.3) is 5.91 Å². The largest absolute Gasteiger partial charge is 0.459 e. The molecule has 1 aliphatic rings. The Morgan fingerprint density at radius 2 is 1.94 bits per heavy atom. The zero-order valence-electron chi connectivity index (χ0n) is 17.4. The smallest absolute Gasteiger partial charge is 0.325 e. The number of fused-ring (bicyclic) bond motifs is 2. The molecule has 0 aliphatic carbocycles. The van der Waals surface area contributed by atoms with Gasteiger partial charge in [0, 0.05) is 28.9 Å². The van der Waals surface area contributed by atoms with Crippen molar-refractivity contribution in [1.29, 1.82) is 0 Å². The molecule has 1 aliphatic heterocycles. The highest BCUT2D eigenvalue weighted by atomic mass is 16.3. The number of para-hydroxylation sites is 2. The van der Waals surface area contributed by atoms with Gasteiger partial charge in [-0.15, -0.1) is 0 Å². The summed E-state index contributed by atoms with van der Waals surface area (Å²) < 4.78 is 5.78. The molecule has 0 spiro atoms. The van der Waals surface area contributed by atoms with Crippen LogP contribution >= 0.6 is 0 Å². The molecule has 2 aromatic heterocycles. The summed E-state index contributed by atoms with van der Waals surface area (Å²) in [6.45, 7) is 1.45. The highest BCUT2D eigenvalue weighted by molar-refractivity contribution is 6.06. The van der Waals surface area contributed by atoms with Crippen molar-refractivity contribution in [3.63, 3.8) is 0 Å². The standard InChI is InChI=1S/C24H22N4O4/c1-14(21-11-15-6-2-5-9-20(15)32-21)26-22(29)13-28-23(30)19(27-24(28)31)10-16-12-25-18-8-4-3-7-17(16)18/h2-9,11-12,14,19,25H,10,13H2,1H3,(H,26,29)(H,27,31)/t14-,19-/m1/s1. The van der Waals surface area contributed by atoms with Crippen LogP contribution in [-0.4, -0.2) is 40.3 Å². The lowest BCUT2D eigenvalue weighted by Gasteiger charge is -2.15. The van der Waals surface area contributed by atoms with Crippen LogP contribution in [0, 0.1) is 0 Å². The monoisotopic (exact) mass is 430 g/mol. The molecule has 0 saturated carbocycles. The van der Waals surface area contributed by atoms with Crippen LogP contribution < -0.4 is 10.6 Å². The summed E-state index contributed by atoms with van der Waals surface area (Å²) in [6, 6.07) is 15.5. The minimum Gasteiger partial charge on any atom is -0.459 e. The Labute approximate surface area is 183 Å². The Hall–Kier alpha value is -4.07. The van der Waals surface area contributed by atoms with Crippen molar-refractivity contribution in [1.82, 2.24) is 20.5 Å². The number of rotatable bonds is 6. The fourth-order valence-corrected chi connectivity index (χ4v) is 4.10. The van der Waals surface area contributed by atoms with E-state index in [1.165, 1.54) is 0 Å². The molecular formula is C24H22N4O4. The molecule has 8 nitrogen and oxygen atoms in total. The van der Waals surface area contributed by atoms with E-state index >= 15 is 0 Å². The summed E-state index contributed by atoms with van der Waals surface area (Å²) in [5.41, 5.74) is 2.64. The fourth-order valence-electron chi connectivity index (χ4n) is 4.10. The first-order valence-corrected chi connectivity index (χ1v) is 10.4. The van der Waals surface area contributed by atoms with Gasteiger partial charge in [-0.3, -0.25) is 14.5 Å². The second-order valence-corrected chi connectivity index (χ2v) is 7.97. The molecule has 162 valence electrons. The van der Waals surface area contributed by atoms with Crippen LogP contribution in [0.1, 0.15) is 24.3 Å². The molecular weight excluding hydrogens is 408 g/mol. The number of hydrogen-bond donors (Lipinski definition) is 3. The number of amides is 4. The maximum absolute atomic E-state index is 12.8. The van der Waals surface area contributed by atoms with Gasteiger partial charge in [0.15, 0.2) is 0 Å². The first-order chi connectivity index (χ1) is 15.5. The lowest BCUT2D eigenvalue weighted by Crippen LogP contribution is -2.41. The van der Waals surface area contributed by atoms with Gasteiger partial charge in [0.1, 0.15) is 23.9 Å². The second-order valence-electron chi connectivity index (χ2n) is 7.97. The van der Waals surface area contributed by atoms with Gasteiger partial charge in [-0.1, -0.05) is 36.4 Å². The number of furan rings is 1. The number of imide groups is 1. The van der Waals surface area contributed by atoms with Crippen molar-refractivity contribution >= 4 is 39.7 Å². The number of nitrogens with one attached hydrogen (secondary N) is 3. The van der Waals surface area contributed by atoms with Gasteiger partial charge in [0.05, 0.1) is 6.04 Å². The third kappa shape index (κ3) is 3.60. The molecule has 2 atom stereocenters. The minimum absolute atomic E-state index is 0.348. The number of nitrogens with zero attached hydrogens (tertiary/aromatic N) is 1. The highest BCUT2D eigenvalue weighted by Crippen LogP contribution is 2.24. The average molecular weight is 430 g/mol. The van der Waals surface area contributed by atoms with E-state index in [2.05, 4.69) is 15.6 Å². The minimum atomic E-state index is -0.706. The van der Waals surface area contributed by atoms with Gasteiger partial charge < -0.3 is 20.0 Å². The lowest BCUT2D eigenvalue weighted by atomic mass is 10.1. The lowest BCUT2D eigenvalue weighted by molar-refractivity contribution is -0.132. The van der Waals surface area contributed by atoms with E-state index in [9.17, 15) is 14.4 Å². The molecule has 8 heteroatoms. The fraction of sp³-hybridized carbons (Fsp3) is 0.208. The van der Waals surface area contributed by atoms with Gasteiger partial charge in [-0.25, -0.2) is 4.79 Å². The zero-order chi connectivity index (χ0) is 22.2. The van der Waals surface area contributed by atoms with E-state index in [1.807, 2.05) is 60.8 Å². The molecule has 5 rings (SSSR count). The predicted octanol–water partition coefficient (Wildman–Crippen LogP) is 3.25. The number of carbonyl (C=O) groups excluding carboxylic acids is 3. The molecule has 1 fully saturated rings. The number of benzene rings is 2.